The third kappa shape index (κ3) is 3.07. The Bertz CT molecular complexity index is 459. The van der Waals surface area contributed by atoms with E-state index < -0.39 is 0 Å². The molecule has 1 aromatic rings. The number of halogens is 1. The van der Waals surface area contributed by atoms with Crippen molar-refractivity contribution in [2.45, 2.75) is 6.92 Å². The number of rotatable bonds is 2. The Morgan fingerprint density at radius 1 is 1.37 bits per heavy atom. The number of ether oxygens (including phenoxy) is 1. The first-order valence-electron chi connectivity index (χ1n) is 6.33. The molecule has 0 unspecified atom stereocenters. The van der Waals surface area contributed by atoms with Crippen LogP contribution in [0.5, 0.6) is 0 Å². The van der Waals surface area contributed by atoms with E-state index in [-0.39, 0.29) is 11.9 Å². The van der Waals surface area contributed by atoms with Crippen molar-refractivity contribution in [3.05, 3.63) is 24.0 Å². The third-order valence-corrected chi connectivity index (χ3v) is 3.14. The lowest BCUT2D eigenvalue weighted by molar-refractivity contribution is 0.105. The van der Waals surface area contributed by atoms with Crippen LogP contribution in [0.2, 0.25) is 0 Å². The van der Waals surface area contributed by atoms with Crippen LogP contribution < -0.4 is 10.6 Å². The number of nitrogens with two attached hydrogens (primary N) is 1. The molecule has 0 aromatic heterocycles. The summed E-state index contributed by atoms with van der Waals surface area (Å²) in [6, 6.07) is 4.32. The highest BCUT2D eigenvalue weighted by molar-refractivity contribution is 5.70. The van der Waals surface area contributed by atoms with Crippen molar-refractivity contribution in [3.63, 3.8) is 0 Å². The minimum absolute atomic E-state index is 0.297. The summed E-state index contributed by atoms with van der Waals surface area (Å²) in [5, 5.41) is 0. The fourth-order valence-corrected chi connectivity index (χ4v) is 2.14. The second-order valence-corrected chi connectivity index (χ2v) is 4.38. The number of hydrogen-bond donors (Lipinski definition) is 1. The van der Waals surface area contributed by atoms with E-state index in [9.17, 15) is 9.18 Å². The highest BCUT2D eigenvalue weighted by atomic mass is 19.1. The topological polar surface area (TPSA) is 58.8 Å². The van der Waals surface area contributed by atoms with Crippen molar-refractivity contribution >= 4 is 17.5 Å². The number of amides is 1. The molecule has 5 nitrogen and oxygen atoms in total. The largest absolute Gasteiger partial charge is 0.450 e. The molecule has 1 aliphatic heterocycles. The predicted octanol–water partition coefficient (Wildman–Crippen LogP) is 1.69. The molecule has 1 fully saturated rings. The molecule has 0 aliphatic carbocycles. The number of carbonyl (C=O) groups excluding carboxylic acids is 1. The zero-order chi connectivity index (χ0) is 13.8. The molecule has 0 atom stereocenters. The van der Waals surface area contributed by atoms with Crippen LogP contribution in [-0.2, 0) is 4.74 Å². The van der Waals surface area contributed by atoms with Crippen LogP contribution in [0, 0.1) is 5.82 Å². The van der Waals surface area contributed by atoms with Gasteiger partial charge in [-0.25, -0.2) is 9.18 Å². The van der Waals surface area contributed by atoms with Gasteiger partial charge < -0.3 is 20.3 Å². The summed E-state index contributed by atoms with van der Waals surface area (Å²) in [6.45, 7) is 4.49. The minimum atomic E-state index is -0.308. The van der Waals surface area contributed by atoms with Crippen molar-refractivity contribution in [3.8, 4) is 0 Å². The van der Waals surface area contributed by atoms with Crippen LogP contribution in [0.1, 0.15) is 6.92 Å². The second-order valence-electron chi connectivity index (χ2n) is 4.38. The standard InChI is InChI=1S/C13H18FN3O2/c1-2-19-13(18)17-7-5-16(6-8-17)12-9-10(14)3-4-11(12)15/h3-4,9H,2,5-8,15H2,1H3. The minimum Gasteiger partial charge on any atom is -0.450 e. The molecule has 104 valence electrons. The molecule has 1 amide bonds. The van der Waals surface area contributed by atoms with Crippen molar-refractivity contribution in [1.82, 2.24) is 4.90 Å². The maximum Gasteiger partial charge on any atom is 0.409 e. The molecule has 1 saturated heterocycles. The molecule has 2 rings (SSSR count). The molecule has 0 saturated carbocycles. The molecule has 1 heterocycles. The van der Waals surface area contributed by atoms with Gasteiger partial charge in [0.2, 0.25) is 0 Å². The first-order chi connectivity index (χ1) is 9.11. The summed E-state index contributed by atoms with van der Waals surface area (Å²) < 4.78 is 18.2. The highest BCUT2D eigenvalue weighted by Crippen LogP contribution is 2.25. The van der Waals surface area contributed by atoms with Crippen LogP contribution in [0.25, 0.3) is 0 Å². The number of nitrogens with zero attached hydrogens (tertiary/aromatic N) is 2. The summed E-state index contributed by atoms with van der Waals surface area (Å²) in [5.41, 5.74) is 7.08. The van der Waals surface area contributed by atoms with Crippen LogP contribution in [0.4, 0.5) is 20.6 Å². The first kappa shape index (κ1) is 13.5. The lowest BCUT2D eigenvalue weighted by atomic mass is 10.2. The smallest absolute Gasteiger partial charge is 0.409 e. The van der Waals surface area contributed by atoms with Gasteiger partial charge in [0.1, 0.15) is 5.82 Å². The molecule has 1 aliphatic rings. The van der Waals surface area contributed by atoms with Gasteiger partial charge in [-0.1, -0.05) is 0 Å². The number of piperazine rings is 1. The Kier molecular flexibility index (Phi) is 4.09. The molecule has 0 bridgehead atoms. The van der Waals surface area contributed by atoms with Gasteiger partial charge in [-0.2, -0.15) is 0 Å². The van der Waals surface area contributed by atoms with Gasteiger partial charge in [0.15, 0.2) is 0 Å². The fraction of sp³-hybridized carbons (Fsp3) is 0.462. The fourth-order valence-electron chi connectivity index (χ4n) is 2.14. The van der Waals surface area contributed by atoms with Crippen LogP contribution in [0.3, 0.4) is 0 Å². The van der Waals surface area contributed by atoms with Gasteiger partial charge >= 0.3 is 6.09 Å². The lowest BCUT2D eigenvalue weighted by Crippen LogP contribution is -2.49. The van der Waals surface area contributed by atoms with Crippen molar-refractivity contribution in [2.75, 3.05) is 43.4 Å². The zero-order valence-corrected chi connectivity index (χ0v) is 10.9. The number of carbonyl (C=O) groups is 1. The molecule has 2 N–H and O–H groups in total. The number of benzene rings is 1. The summed E-state index contributed by atoms with van der Waals surface area (Å²) in [7, 11) is 0. The number of anilines is 2. The molecule has 0 radical (unpaired) electrons. The van der Waals surface area contributed by atoms with Crippen molar-refractivity contribution in [2.24, 2.45) is 0 Å². The Hall–Kier alpha value is -1.98. The monoisotopic (exact) mass is 267 g/mol. The van der Waals surface area contributed by atoms with Crippen LogP contribution in [-0.4, -0.2) is 43.8 Å². The molecule has 6 heteroatoms. The van der Waals surface area contributed by atoms with Gasteiger partial charge in [0.25, 0.3) is 0 Å². The van der Waals surface area contributed by atoms with Gasteiger partial charge in [0.05, 0.1) is 18.0 Å². The summed E-state index contributed by atoms with van der Waals surface area (Å²) >= 11 is 0. The number of nitrogen functional groups attached to an aromatic ring is 1. The van der Waals surface area contributed by atoms with Crippen LogP contribution >= 0.6 is 0 Å². The maximum absolute atomic E-state index is 13.2. The Morgan fingerprint density at radius 3 is 2.68 bits per heavy atom. The summed E-state index contributed by atoms with van der Waals surface area (Å²) in [4.78, 5) is 15.2. The first-order valence-corrected chi connectivity index (χ1v) is 6.33. The second kappa shape index (κ2) is 5.77. The molecular weight excluding hydrogens is 249 g/mol. The van der Waals surface area contributed by atoms with E-state index >= 15 is 0 Å². The Labute approximate surface area is 111 Å². The Balaban J connectivity index is 2.00. The van der Waals surface area contributed by atoms with E-state index in [0.717, 1.165) is 0 Å². The highest BCUT2D eigenvalue weighted by Gasteiger charge is 2.23. The predicted molar refractivity (Wildman–Crippen MR) is 71.6 cm³/mol. The quantitative estimate of drug-likeness (QED) is 0.828. The number of hydrogen-bond acceptors (Lipinski definition) is 4. The van der Waals surface area contributed by atoms with E-state index in [1.165, 1.54) is 12.1 Å². The van der Waals surface area contributed by atoms with Gasteiger partial charge in [-0.05, 0) is 25.1 Å². The van der Waals surface area contributed by atoms with Gasteiger partial charge in [-0.3, -0.25) is 0 Å². The SMILES string of the molecule is CCOC(=O)N1CCN(c2cc(F)ccc2N)CC1. The van der Waals surface area contributed by atoms with Gasteiger partial charge in [0, 0.05) is 26.2 Å². The van der Waals surface area contributed by atoms with Crippen LogP contribution in [0.15, 0.2) is 18.2 Å². The Morgan fingerprint density at radius 2 is 2.05 bits per heavy atom. The van der Waals surface area contributed by atoms with E-state index in [4.69, 9.17) is 10.5 Å². The van der Waals surface area contributed by atoms with E-state index in [1.807, 2.05) is 4.90 Å². The molecule has 1 aromatic carbocycles. The van der Waals surface area contributed by atoms with Crippen molar-refractivity contribution < 1.29 is 13.9 Å². The maximum atomic E-state index is 13.2. The average molecular weight is 267 g/mol. The summed E-state index contributed by atoms with van der Waals surface area (Å²) in [5.74, 6) is -0.308. The molecular formula is C13H18FN3O2. The normalized spacial score (nSPS) is 15.5. The average Bonchev–Trinajstić information content (AvgIpc) is 2.42. The summed E-state index contributed by atoms with van der Waals surface area (Å²) in [6.07, 6.45) is -0.297. The van der Waals surface area contributed by atoms with E-state index in [2.05, 4.69) is 0 Å². The van der Waals surface area contributed by atoms with Gasteiger partial charge in [-0.15, -0.1) is 0 Å². The zero-order valence-electron chi connectivity index (χ0n) is 10.9. The van der Waals surface area contributed by atoms with E-state index in [1.54, 1.807) is 17.9 Å². The van der Waals surface area contributed by atoms with Crippen molar-refractivity contribution in [1.29, 1.82) is 0 Å². The van der Waals surface area contributed by atoms with E-state index in [0.29, 0.717) is 44.2 Å². The molecule has 19 heavy (non-hydrogen) atoms. The lowest BCUT2D eigenvalue weighted by Gasteiger charge is -2.35. The molecule has 0 spiro atoms. The third-order valence-electron chi connectivity index (χ3n) is 3.14.